The van der Waals surface area contributed by atoms with Gasteiger partial charge >= 0.3 is 0 Å². The fourth-order valence-electron chi connectivity index (χ4n) is 2.18. The van der Waals surface area contributed by atoms with E-state index in [1.54, 1.807) is 0 Å². The van der Waals surface area contributed by atoms with E-state index >= 15 is 0 Å². The maximum atomic E-state index is 13.0. The second-order valence-electron chi connectivity index (χ2n) is 4.35. The van der Waals surface area contributed by atoms with Gasteiger partial charge in [-0.2, -0.15) is 0 Å². The van der Waals surface area contributed by atoms with Crippen LogP contribution in [-0.2, 0) is 0 Å². The summed E-state index contributed by atoms with van der Waals surface area (Å²) in [6, 6.07) is 2.41. The van der Waals surface area contributed by atoms with Gasteiger partial charge in [-0.05, 0) is 37.5 Å². The van der Waals surface area contributed by atoms with E-state index in [1.807, 2.05) is 6.92 Å². The second kappa shape index (κ2) is 4.45. The summed E-state index contributed by atoms with van der Waals surface area (Å²) in [4.78, 5) is 0. The molecule has 1 aliphatic heterocycles. The van der Waals surface area contributed by atoms with Crippen molar-refractivity contribution in [2.75, 3.05) is 0 Å². The van der Waals surface area contributed by atoms with Crippen LogP contribution in [0.5, 0.6) is 0 Å². The average molecular weight is 229 g/mol. The Balaban J connectivity index is 2.26. The molecule has 1 aromatic carbocycles. The second-order valence-corrected chi connectivity index (χ2v) is 4.35. The molecule has 0 bridgehead atoms. The first-order chi connectivity index (χ1) is 7.58. The maximum Gasteiger partial charge on any atom is 0.194 e. The topological polar surface area (TPSA) is 12.0 Å². The van der Waals surface area contributed by atoms with Crippen molar-refractivity contribution in [2.24, 2.45) is 0 Å². The van der Waals surface area contributed by atoms with Crippen molar-refractivity contribution < 1.29 is 13.2 Å². The quantitative estimate of drug-likeness (QED) is 0.728. The smallest absolute Gasteiger partial charge is 0.194 e. The van der Waals surface area contributed by atoms with Crippen LogP contribution < -0.4 is 5.32 Å². The lowest BCUT2D eigenvalue weighted by molar-refractivity contribution is 0.338. The number of rotatable bonds is 1. The minimum atomic E-state index is -1.40. The van der Waals surface area contributed by atoms with Gasteiger partial charge in [0.2, 0.25) is 0 Å². The zero-order valence-electron chi connectivity index (χ0n) is 9.06. The van der Waals surface area contributed by atoms with Gasteiger partial charge in [0.15, 0.2) is 17.5 Å². The third-order valence-corrected chi connectivity index (χ3v) is 3.02. The lowest BCUT2D eigenvalue weighted by atomic mass is 9.94. The molecule has 2 unspecified atom stereocenters. The van der Waals surface area contributed by atoms with Crippen molar-refractivity contribution in [3.05, 3.63) is 35.1 Å². The molecule has 0 aliphatic carbocycles. The van der Waals surface area contributed by atoms with Gasteiger partial charge in [-0.25, -0.2) is 13.2 Å². The molecule has 1 fully saturated rings. The normalized spacial score (nSPS) is 25.8. The molecule has 1 aromatic rings. The molecular weight excluding hydrogens is 215 g/mol. The SMILES string of the molecule is CC1CCCC(c2cc(F)c(F)c(F)c2)N1. The maximum absolute atomic E-state index is 13.0. The molecule has 2 atom stereocenters. The number of nitrogens with one attached hydrogen (secondary N) is 1. The first-order valence-electron chi connectivity index (χ1n) is 5.48. The molecule has 1 saturated heterocycles. The summed E-state index contributed by atoms with van der Waals surface area (Å²) in [7, 11) is 0. The molecule has 0 spiro atoms. The van der Waals surface area contributed by atoms with Crippen molar-refractivity contribution in [3.63, 3.8) is 0 Å². The Morgan fingerprint density at radius 1 is 1.12 bits per heavy atom. The first kappa shape index (κ1) is 11.5. The molecule has 1 heterocycles. The predicted molar refractivity (Wildman–Crippen MR) is 55.5 cm³/mol. The van der Waals surface area contributed by atoms with Crippen molar-refractivity contribution in [3.8, 4) is 0 Å². The van der Waals surface area contributed by atoms with Crippen LogP contribution in [0.2, 0.25) is 0 Å². The summed E-state index contributed by atoms with van der Waals surface area (Å²) in [5, 5.41) is 3.25. The minimum absolute atomic E-state index is 0.0756. The Kier molecular flexibility index (Phi) is 3.19. The number of benzene rings is 1. The molecule has 1 aliphatic rings. The highest BCUT2D eigenvalue weighted by Gasteiger charge is 2.21. The van der Waals surface area contributed by atoms with Crippen molar-refractivity contribution in [2.45, 2.75) is 38.3 Å². The van der Waals surface area contributed by atoms with E-state index in [4.69, 9.17) is 0 Å². The molecule has 16 heavy (non-hydrogen) atoms. The van der Waals surface area contributed by atoms with E-state index in [2.05, 4.69) is 5.32 Å². The van der Waals surface area contributed by atoms with Crippen LogP contribution in [0, 0.1) is 17.5 Å². The first-order valence-corrected chi connectivity index (χ1v) is 5.48. The van der Waals surface area contributed by atoms with E-state index in [1.165, 1.54) is 0 Å². The number of halogens is 3. The zero-order valence-corrected chi connectivity index (χ0v) is 9.06. The van der Waals surface area contributed by atoms with Crippen LogP contribution in [0.1, 0.15) is 37.8 Å². The van der Waals surface area contributed by atoms with Gasteiger partial charge < -0.3 is 5.32 Å². The molecule has 1 N–H and O–H groups in total. The fourth-order valence-corrected chi connectivity index (χ4v) is 2.18. The molecule has 0 amide bonds. The highest BCUT2D eigenvalue weighted by atomic mass is 19.2. The highest BCUT2D eigenvalue weighted by molar-refractivity contribution is 5.23. The summed E-state index contributed by atoms with van der Waals surface area (Å²) in [6.45, 7) is 2.03. The molecule has 0 radical (unpaired) electrons. The van der Waals surface area contributed by atoms with Gasteiger partial charge in [0, 0.05) is 12.1 Å². The standard InChI is InChI=1S/C12H14F3N/c1-7-3-2-4-11(16-7)8-5-9(13)12(15)10(14)6-8/h5-7,11,16H,2-4H2,1H3. The molecule has 0 aromatic heterocycles. The lowest BCUT2D eigenvalue weighted by Crippen LogP contribution is -2.34. The van der Waals surface area contributed by atoms with Gasteiger partial charge in [-0.3, -0.25) is 0 Å². The van der Waals surface area contributed by atoms with Gasteiger partial charge in [-0.1, -0.05) is 6.42 Å². The molecule has 0 saturated carbocycles. The third-order valence-electron chi connectivity index (χ3n) is 3.02. The molecule has 1 nitrogen and oxygen atoms in total. The van der Waals surface area contributed by atoms with Crippen molar-refractivity contribution in [1.82, 2.24) is 5.32 Å². The van der Waals surface area contributed by atoms with E-state index in [0.717, 1.165) is 31.4 Å². The number of hydrogen-bond donors (Lipinski definition) is 1. The van der Waals surface area contributed by atoms with Crippen molar-refractivity contribution in [1.29, 1.82) is 0 Å². The molecule has 2 rings (SSSR count). The number of piperidine rings is 1. The molecule has 4 heteroatoms. The average Bonchev–Trinajstić information content (AvgIpc) is 2.25. The summed E-state index contributed by atoms with van der Waals surface area (Å²) in [6.07, 6.45) is 2.90. The van der Waals surface area contributed by atoms with E-state index in [-0.39, 0.29) is 6.04 Å². The van der Waals surface area contributed by atoms with E-state index < -0.39 is 17.5 Å². The number of hydrogen-bond acceptors (Lipinski definition) is 1. The van der Waals surface area contributed by atoms with Crippen LogP contribution in [0.3, 0.4) is 0 Å². The van der Waals surface area contributed by atoms with E-state index in [9.17, 15) is 13.2 Å². The van der Waals surface area contributed by atoms with Gasteiger partial charge in [0.05, 0.1) is 0 Å². The minimum Gasteiger partial charge on any atom is -0.307 e. The van der Waals surface area contributed by atoms with Crippen LogP contribution in [0.15, 0.2) is 12.1 Å². The third kappa shape index (κ3) is 2.21. The zero-order chi connectivity index (χ0) is 11.7. The Bertz CT molecular complexity index is 369. The summed E-state index contributed by atoms with van der Waals surface area (Å²) >= 11 is 0. The highest BCUT2D eigenvalue weighted by Crippen LogP contribution is 2.27. The van der Waals surface area contributed by atoms with Crippen LogP contribution in [-0.4, -0.2) is 6.04 Å². The Labute approximate surface area is 92.7 Å². The molecule has 88 valence electrons. The summed E-state index contributed by atoms with van der Waals surface area (Å²) in [5.74, 6) is -3.63. The fraction of sp³-hybridized carbons (Fsp3) is 0.500. The van der Waals surface area contributed by atoms with Crippen LogP contribution in [0.25, 0.3) is 0 Å². The largest absolute Gasteiger partial charge is 0.307 e. The van der Waals surface area contributed by atoms with E-state index in [0.29, 0.717) is 11.6 Å². The summed E-state index contributed by atoms with van der Waals surface area (Å²) in [5.41, 5.74) is 0.489. The van der Waals surface area contributed by atoms with Gasteiger partial charge in [-0.15, -0.1) is 0 Å². The van der Waals surface area contributed by atoms with Crippen LogP contribution >= 0.6 is 0 Å². The Morgan fingerprint density at radius 2 is 1.75 bits per heavy atom. The van der Waals surface area contributed by atoms with Gasteiger partial charge in [0.1, 0.15) is 0 Å². The van der Waals surface area contributed by atoms with Crippen LogP contribution in [0.4, 0.5) is 13.2 Å². The lowest BCUT2D eigenvalue weighted by Gasteiger charge is -2.29. The predicted octanol–water partition coefficient (Wildman–Crippen LogP) is 3.31. The molecular formula is C12H14F3N. The van der Waals surface area contributed by atoms with Crippen molar-refractivity contribution >= 4 is 0 Å². The monoisotopic (exact) mass is 229 g/mol. The Hall–Kier alpha value is -1.03. The summed E-state index contributed by atoms with van der Waals surface area (Å²) < 4.78 is 38.9. The van der Waals surface area contributed by atoms with Gasteiger partial charge in [0.25, 0.3) is 0 Å². The Morgan fingerprint density at radius 3 is 2.31 bits per heavy atom.